The summed E-state index contributed by atoms with van der Waals surface area (Å²) < 4.78 is 2.10. The summed E-state index contributed by atoms with van der Waals surface area (Å²) in [5.41, 5.74) is 2.48. The number of aliphatic hydroxyl groups excluding tert-OH is 1. The fraction of sp³-hybridized carbons (Fsp3) is 0.769. The lowest BCUT2D eigenvalue weighted by Crippen LogP contribution is -2.09. The highest BCUT2D eigenvalue weighted by Gasteiger charge is 2.06. The minimum Gasteiger partial charge on any atom is -0.393 e. The normalized spacial score (nSPS) is 13.0. The molecule has 1 unspecified atom stereocenters. The Hall–Kier alpha value is -0.830. The molecule has 1 heterocycles. The van der Waals surface area contributed by atoms with Crippen molar-refractivity contribution in [3.63, 3.8) is 0 Å². The van der Waals surface area contributed by atoms with Gasteiger partial charge >= 0.3 is 0 Å². The van der Waals surface area contributed by atoms with Gasteiger partial charge in [-0.15, -0.1) is 0 Å². The lowest BCUT2D eigenvalue weighted by molar-refractivity contribution is 0.155. The van der Waals surface area contributed by atoms with Crippen molar-refractivity contribution in [2.24, 2.45) is 0 Å². The van der Waals surface area contributed by atoms with Crippen molar-refractivity contribution >= 4 is 0 Å². The molecule has 1 rings (SSSR count). The molecule has 92 valence electrons. The van der Waals surface area contributed by atoms with Crippen LogP contribution in [0.3, 0.4) is 0 Å². The summed E-state index contributed by atoms with van der Waals surface area (Å²) in [6.07, 6.45) is 4.61. The molecule has 0 aromatic carbocycles. The molecule has 0 aliphatic rings. The molecular weight excluding hydrogens is 200 g/mol. The fourth-order valence-electron chi connectivity index (χ4n) is 1.85. The Labute approximate surface area is 98.5 Å². The van der Waals surface area contributed by atoms with Gasteiger partial charge in [0, 0.05) is 12.2 Å². The smallest absolute Gasteiger partial charge is 0.0624 e. The molecule has 3 nitrogen and oxygen atoms in total. The molecule has 1 atom stereocenters. The van der Waals surface area contributed by atoms with Crippen molar-refractivity contribution < 1.29 is 5.11 Å². The minimum absolute atomic E-state index is 0.147. The molecule has 0 aliphatic heterocycles. The van der Waals surface area contributed by atoms with Crippen LogP contribution >= 0.6 is 0 Å². The van der Waals surface area contributed by atoms with E-state index in [9.17, 15) is 5.11 Å². The van der Waals surface area contributed by atoms with Crippen molar-refractivity contribution in [3.8, 4) is 0 Å². The molecule has 3 heteroatoms. The van der Waals surface area contributed by atoms with E-state index in [1.807, 2.05) is 6.92 Å². The van der Waals surface area contributed by atoms with E-state index in [2.05, 4.69) is 29.7 Å². The van der Waals surface area contributed by atoms with Crippen LogP contribution in [0, 0.1) is 0 Å². The summed E-state index contributed by atoms with van der Waals surface area (Å²) in [5, 5.41) is 14.0. The summed E-state index contributed by atoms with van der Waals surface area (Å²) in [6, 6.07) is 2.19. The van der Waals surface area contributed by atoms with Crippen LogP contribution in [0.25, 0.3) is 0 Å². The van der Waals surface area contributed by atoms with E-state index in [4.69, 9.17) is 0 Å². The molecular formula is C13H24N2O. The minimum atomic E-state index is -0.147. The predicted octanol–water partition coefficient (Wildman–Crippen LogP) is 2.56. The molecule has 1 N–H and O–H groups in total. The average Bonchev–Trinajstić information content (AvgIpc) is 2.71. The van der Waals surface area contributed by atoms with Crippen molar-refractivity contribution in [2.45, 2.75) is 65.5 Å². The van der Waals surface area contributed by atoms with Crippen LogP contribution in [0.2, 0.25) is 0 Å². The van der Waals surface area contributed by atoms with Gasteiger partial charge in [0.2, 0.25) is 0 Å². The van der Waals surface area contributed by atoms with E-state index in [-0.39, 0.29) is 6.10 Å². The Morgan fingerprint density at radius 2 is 2.06 bits per heavy atom. The van der Waals surface area contributed by atoms with Crippen molar-refractivity contribution in [1.82, 2.24) is 9.78 Å². The number of nitrogens with zero attached hydrogens (tertiary/aromatic N) is 2. The number of aryl methyl sites for hydroxylation is 3. The van der Waals surface area contributed by atoms with E-state index in [1.165, 1.54) is 11.4 Å². The van der Waals surface area contributed by atoms with Crippen LogP contribution in [-0.2, 0) is 19.4 Å². The summed E-state index contributed by atoms with van der Waals surface area (Å²) in [4.78, 5) is 0. The summed E-state index contributed by atoms with van der Waals surface area (Å²) in [5.74, 6) is 0. The molecule has 16 heavy (non-hydrogen) atoms. The molecule has 0 fully saturated rings. The van der Waals surface area contributed by atoms with Crippen molar-refractivity contribution in [2.75, 3.05) is 0 Å². The van der Waals surface area contributed by atoms with Gasteiger partial charge in [0.25, 0.3) is 0 Å². The highest BCUT2D eigenvalue weighted by atomic mass is 16.3. The highest BCUT2D eigenvalue weighted by molar-refractivity contribution is 5.10. The third-order valence-electron chi connectivity index (χ3n) is 3.02. The Balaban J connectivity index is 2.49. The number of rotatable bonds is 7. The van der Waals surface area contributed by atoms with Gasteiger partial charge in [-0.3, -0.25) is 4.68 Å². The molecule has 0 aliphatic carbocycles. The topological polar surface area (TPSA) is 38.0 Å². The zero-order valence-electron chi connectivity index (χ0n) is 10.7. The fourth-order valence-corrected chi connectivity index (χ4v) is 1.85. The second-order valence-electron chi connectivity index (χ2n) is 4.26. The quantitative estimate of drug-likeness (QED) is 0.773. The molecule has 0 bridgehead atoms. The zero-order valence-corrected chi connectivity index (χ0v) is 10.7. The van der Waals surface area contributed by atoms with Gasteiger partial charge in [0.05, 0.1) is 11.8 Å². The standard InChI is InChI=1S/C13H24N2O/c1-4-11-10-12(5-2)15(14-11)9-7-8-13(16)6-3/h10,13,16H,4-9H2,1-3H3. The Bertz CT molecular complexity index is 307. The van der Waals surface area contributed by atoms with Gasteiger partial charge in [-0.25, -0.2) is 0 Å². The van der Waals surface area contributed by atoms with Gasteiger partial charge in [0.15, 0.2) is 0 Å². The van der Waals surface area contributed by atoms with Crippen LogP contribution in [0.5, 0.6) is 0 Å². The van der Waals surface area contributed by atoms with Crippen LogP contribution < -0.4 is 0 Å². The van der Waals surface area contributed by atoms with Gasteiger partial charge in [0.1, 0.15) is 0 Å². The van der Waals surface area contributed by atoms with Gasteiger partial charge in [-0.05, 0) is 38.2 Å². The first-order chi connectivity index (χ1) is 7.71. The first-order valence-electron chi connectivity index (χ1n) is 6.44. The molecule has 1 aromatic heterocycles. The summed E-state index contributed by atoms with van der Waals surface area (Å²) in [7, 11) is 0. The molecule has 0 saturated heterocycles. The number of aromatic nitrogens is 2. The molecule has 0 radical (unpaired) electrons. The van der Waals surface area contributed by atoms with Crippen LogP contribution in [0.1, 0.15) is 51.4 Å². The average molecular weight is 224 g/mol. The maximum Gasteiger partial charge on any atom is 0.0624 e. The summed E-state index contributed by atoms with van der Waals surface area (Å²) >= 11 is 0. The molecule has 1 aromatic rings. The maximum atomic E-state index is 9.48. The largest absolute Gasteiger partial charge is 0.393 e. The SMILES string of the molecule is CCc1cc(CC)n(CCCC(O)CC)n1. The van der Waals surface area contributed by atoms with E-state index >= 15 is 0 Å². The van der Waals surface area contributed by atoms with E-state index < -0.39 is 0 Å². The number of aliphatic hydroxyl groups is 1. The first kappa shape index (κ1) is 13.2. The predicted molar refractivity (Wildman–Crippen MR) is 66.5 cm³/mol. The second-order valence-corrected chi connectivity index (χ2v) is 4.26. The van der Waals surface area contributed by atoms with E-state index in [0.29, 0.717) is 0 Å². The Kier molecular flexibility index (Phi) is 5.53. The van der Waals surface area contributed by atoms with Crippen LogP contribution in [-0.4, -0.2) is 21.0 Å². The van der Waals surface area contributed by atoms with E-state index in [1.54, 1.807) is 0 Å². The lowest BCUT2D eigenvalue weighted by Gasteiger charge is -2.08. The third-order valence-corrected chi connectivity index (χ3v) is 3.02. The third kappa shape index (κ3) is 3.63. The van der Waals surface area contributed by atoms with Crippen LogP contribution in [0.4, 0.5) is 0 Å². The van der Waals surface area contributed by atoms with E-state index in [0.717, 1.165) is 38.6 Å². The van der Waals surface area contributed by atoms with Crippen molar-refractivity contribution in [3.05, 3.63) is 17.5 Å². The maximum absolute atomic E-state index is 9.48. The van der Waals surface area contributed by atoms with Crippen LogP contribution in [0.15, 0.2) is 6.07 Å². The van der Waals surface area contributed by atoms with Gasteiger partial charge in [-0.2, -0.15) is 5.10 Å². The summed E-state index contributed by atoms with van der Waals surface area (Å²) in [6.45, 7) is 7.24. The lowest BCUT2D eigenvalue weighted by atomic mass is 10.1. The molecule has 0 spiro atoms. The zero-order chi connectivity index (χ0) is 12.0. The van der Waals surface area contributed by atoms with Gasteiger partial charge < -0.3 is 5.11 Å². The molecule has 0 amide bonds. The molecule has 0 saturated carbocycles. The van der Waals surface area contributed by atoms with Crippen molar-refractivity contribution in [1.29, 1.82) is 0 Å². The number of hydrogen-bond acceptors (Lipinski definition) is 2. The Morgan fingerprint density at radius 1 is 1.31 bits per heavy atom. The number of hydrogen-bond donors (Lipinski definition) is 1. The monoisotopic (exact) mass is 224 g/mol. The first-order valence-corrected chi connectivity index (χ1v) is 6.44. The van der Waals surface area contributed by atoms with Gasteiger partial charge in [-0.1, -0.05) is 20.8 Å². The Morgan fingerprint density at radius 3 is 2.62 bits per heavy atom. The highest BCUT2D eigenvalue weighted by Crippen LogP contribution is 2.09. The second kappa shape index (κ2) is 6.69.